The van der Waals surface area contributed by atoms with Crippen LogP contribution in [0.4, 0.5) is 0 Å². The molecule has 2 N–H and O–H groups in total. The zero-order valence-electron chi connectivity index (χ0n) is 13.8. The molecule has 0 aromatic carbocycles. The fourth-order valence-corrected chi connectivity index (χ4v) is 3.17. The van der Waals surface area contributed by atoms with E-state index in [1.807, 2.05) is 0 Å². The van der Waals surface area contributed by atoms with Gasteiger partial charge in [-0.15, -0.1) is 0 Å². The number of aliphatic hydroxyl groups is 1. The molecule has 0 aromatic rings. The molecule has 1 fully saturated rings. The van der Waals surface area contributed by atoms with Gasteiger partial charge in [0.05, 0.1) is 24.9 Å². The van der Waals surface area contributed by atoms with E-state index < -0.39 is 68.7 Å². The van der Waals surface area contributed by atoms with Crippen LogP contribution in [0, 0.1) is 0 Å². The van der Waals surface area contributed by atoms with Crippen molar-refractivity contribution in [3.63, 3.8) is 0 Å². The monoisotopic (exact) mass is 469 g/mol. The number of hydrogen-bond donors (Lipinski definition) is 2. The van der Waals surface area contributed by atoms with Crippen molar-refractivity contribution in [1.29, 1.82) is 0 Å². The van der Waals surface area contributed by atoms with Gasteiger partial charge in [-0.2, -0.15) is 0 Å². The zero-order valence-corrected chi connectivity index (χ0v) is 22.2. The third kappa shape index (κ3) is 14.5. The van der Waals surface area contributed by atoms with Crippen molar-refractivity contribution in [3.05, 3.63) is 0 Å². The van der Waals surface area contributed by atoms with Gasteiger partial charge in [0.2, 0.25) is 20.8 Å². The Bertz CT molecular complexity index is 724. The predicted octanol–water partition coefficient (Wildman–Crippen LogP) is -13.2. The van der Waals surface area contributed by atoms with E-state index in [9.17, 15) is 44.0 Å². The Labute approximate surface area is 216 Å². The van der Waals surface area contributed by atoms with Crippen LogP contribution >= 0.6 is 0 Å². The van der Waals surface area contributed by atoms with Gasteiger partial charge in [-0.05, 0) is 0 Å². The van der Waals surface area contributed by atoms with Crippen LogP contribution in [0.15, 0.2) is 0 Å². The van der Waals surface area contributed by atoms with Crippen LogP contribution in [0.3, 0.4) is 0 Å². The summed E-state index contributed by atoms with van der Waals surface area (Å²) in [5.74, 6) is 0. The summed E-state index contributed by atoms with van der Waals surface area (Å²) in [6, 6.07) is -1.97. The molecule has 1 aliphatic heterocycles. The molecule has 0 spiro atoms. The van der Waals surface area contributed by atoms with Crippen molar-refractivity contribution in [1.82, 2.24) is 4.72 Å². The molecular weight excluding hydrogens is 459 g/mol. The van der Waals surface area contributed by atoms with Crippen LogP contribution in [0.25, 0.3) is 0 Å². The smallest absolute Gasteiger partial charge is 0.735 e. The topological polar surface area (TPSA) is 232 Å². The Morgan fingerprint density at radius 2 is 1.50 bits per heavy atom. The van der Waals surface area contributed by atoms with Gasteiger partial charge >= 0.3 is 88.7 Å². The summed E-state index contributed by atoms with van der Waals surface area (Å²) >= 11 is 0. The minimum absolute atomic E-state index is 0. The SMILES string of the molecule is O=S(=O)([O-])NC1[C@H](O)OC(COS(=O)(=O)[O-])C[C@H]1OS(=O)(=O)[O-].[Na+].[Na+].[Na+]. The summed E-state index contributed by atoms with van der Waals surface area (Å²) in [6.07, 6.45) is -6.25. The van der Waals surface area contributed by atoms with E-state index in [0.717, 1.165) is 0 Å². The van der Waals surface area contributed by atoms with Gasteiger partial charge in [0.25, 0.3) is 0 Å². The van der Waals surface area contributed by atoms with Gasteiger partial charge in [0.1, 0.15) is 0 Å². The van der Waals surface area contributed by atoms with Gasteiger partial charge < -0.3 is 23.5 Å². The average molecular weight is 469 g/mol. The summed E-state index contributed by atoms with van der Waals surface area (Å²) in [4.78, 5) is 0. The Kier molecular flexibility index (Phi) is 16.7. The minimum Gasteiger partial charge on any atom is -0.735 e. The second kappa shape index (κ2) is 13.1. The molecule has 4 atom stereocenters. The molecule has 20 heteroatoms. The second-order valence-corrected chi connectivity index (χ2v) is 7.42. The summed E-state index contributed by atoms with van der Waals surface area (Å²) < 4.78 is 108. The fraction of sp³-hybridized carbons (Fsp3) is 1.00. The Morgan fingerprint density at radius 3 is 1.88 bits per heavy atom. The summed E-state index contributed by atoms with van der Waals surface area (Å²) in [7, 11) is -15.7. The van der Waals surface area contributed by atoms with E-state index in [1.165, 1.54) is 4.72 Å². The summed E-state index contributed by atoms with van der Waals surface area (Å²) in [5.41, 5.74) is 0. The second-order valence-electron chi connectivity index (χ2n) is 4.22. The van der Waals surface area contributed by atoms with Crippen LogP contribution in [-0.4, -0.2) is 75.2 Å². The molecular formula is C6H10NNa3O13S3. The van der Waals surface area contributed by atoms with Crippen LogP contribution in [0.1, 0.15) is 6.42 Å². The Morgan fingerprint density at radius 1 is 1.00 bits per heavy atom. The molecule has 0 aliphatic carbocycles. The Balaban J connectivity index is -0.00000176. The van der Waals surface area contributed by atoms with Crippen LogP contribution in [0.5, 0.6) is 0 Å². The van der Waals surface area contributed by atoms with Gasteiger partial charge in [0, 0.05) is 6.42 Å². The molecule has 0 aromatic heterocycles. The number of nitrogens with one attached hydrogen (secondary N) is 1. The van der Waals surface area contributed by atoms with E-state index >= 15 is 0 Å². The maximum absolute atomic E-state index is 10.6. The molecule has 1 rings (SSSR count). The van der Waals surface area contributed by atoms with Crippen molar-refractivity contribution in [3.8, 4) is 0 Å². The van der Waals surface area contributed by atoms with Gasteiger partial charge in [-0.3, -0.25) is 8.37 Å². The normalized spacial score (nSPS) is 26.8. The van der Waals surface area contributed by atoms with Crippen LogP contribution in [-0.2, 0) is 44.2 Å². The molecule has 1 saturated heterocycles. The molecule has 0 amide bonds. The molecule has 0 bridgehead atoms. The van der Waals surface area contributed by atoms with Crippen molar-refractivity contribution in [2.24, 2.45) is 0 Å². The van der Waals surface area contributed by atoms with Gasteiger partial charge in [0.15, 0.2) is 16.6 Å². The third-order valence-electron chi connectivity index (χ3n) is 2.45. The van der Waals surface area contributed by atoms with Crippen molar-refractivity contribution < 1.29 is 146 Å². The van der Waals surface area contributed by atoms with E-state index in [1.54, 1.807) is 0 Å². The zero-order chi connectivity index (χ0) is 18.1. The van der Waals surface area contributed by atoms with Gasteiger partial charge in [-0.1, -0.05) is 0 Å². The van der Waals surface area contributed by atoms with E-state index in [4.69, 9.17) is 0 Å². The largest absolute Gasteiger partial charge is 1.00 e. The van der Waals surface area contributed by atoms with E-state index in [-0.39, 0.29) is 88.7 Å². The molecule has 1 heterocycles. The fourth-order valence-electron chi connectivity index (χ4n) is 1.74. The van der Waals surface area contributed by atoms with E-state index in [2.05, 4.69) is 13.1 Å². The predicted molar refractivity (Wildman–Crippen MR) is 62.3 cm³/mol. The van der Waals surface area contributed by atoms with Crippen LogP contribution in [0.2, 0.25) is 0 Å². The number of ether oxygens (including phenoxy) is 1. The first kappa shape index (κ1) is 33.2. The number of aliphatic hydroxyl groups excluding tert-OH is 1. The van der Waals surface area contributed by atoms with Crippen molar-refractivity contribution in [2.45, 2.75) is 31.0 Å². The standard InChI is InChI=1S/C6H13NO13S3.3Na/c8-6-5(7-21(9,10)11)4(20-23(15,16)17)1-3(19-6)2-18-22(12,13)14;;;/h3-8H,1-2H2,(H,9,10,11)(H,12,13,14)(H,15,16,17);;;/q;3*+1/p-3/t3?,4-,5?,6-;;;/m1.../s1. The number of rotatable bonds is 7. The first-order valence-electron chi connectivity index (χ1n) is 5.47. The quantitative estimate of drug-likeness (QED) is 0.200. The molecule has 0 radical (unpaired) electrons. The van der Waals surface area contributed by atoms with Crippen molar-refractivity contribution in [2.75, 3.05) is 6.61 Å². The number of hydrogen-bond acceptors (Lipinski definition) is 13. The molecule has 14 nitrogen and oxygen atoms in total. The molecule has 138 valence electrons. The average Bonchev–Trinajstić information content (AvgIpc) is 2.27. The summed E-state index contributed by atoms with van der Waals surface area (Å²) in [6.45, 7) is -0.974. The first-order chi connectivity index (χ1) is 10.2. The maximum atomic E-state index is 10.6. The summed E-state index contributed by atoms with van der Waals surface area (Å²) in [5, 5.41) is 9.55. The van der Waals surface area contributed by atoms with Gasteiger partial charge in [-0.25, -0.2) is 30.0 Å². The Hall–Kier alpha value is 2.53. The molecule has 2 unspecified atom stereocenters. The first-order valence-corrected chi connectivity index (χ1v) is 9.55. The maximum Gasteiger partial charge on any atom is 1.00 e. The van der Waals surface area contributed by atoms with Crippen molar-refractivity contribution >= 4 is 31.1 Å². The van der Waals surface area contributed by atoms with E-state index in [0.29, 0.717) is 0 Å². The molecule has 1 aliphatic rings. The molecule has 26 heavy (non-hydrogen) atoms. The minimum atomic E-state index is -5.38. The molecule has 0 saturated carbocycles. The third-order valence-corrected chi connectivity index (χ3v) is 3.92. The van der Waals surface area contributed by atoms with Crippen LogP contribution < -0.4 is 93.4 Å².